The maximum absolute atomic E-state index is 13.0. The number of hydrogen-bond acceptors (Lipinski definition) is 5. The molecule has 6 heteroatoms. The van der Waals surface area contributed by atoms with E-state index in [1.807, 2.05) is 18.2 Å². The van der Waals surface area contributed by atoms with Crippen LogP contribution in [-0.4, -0.2) is 55.8 Å². The van der Waals surface area contributed by atoms with Gasteiger partial charge in [0.1, 0.15) is 0 Å². The largest absolute Gasteiger partial charge is 0.369 e. The van der Waals surface area contributed by atoms with E-state index >= 15 is 0 Å². The number of aliphatic imine (C=N–C) groups is 1. The number of aryl methyl sites for hydroxylation is 1. The van der Waals surface area contributed by atoms with Gasteiger partial charge in [-0.15, -0.1) is 0 Å². The Bertz CT molecular complexity index is 1310. The number of fused-ring (bicyclic) bond motifs is 2. The van der Waals surface area contributed by atoms with E-state index in [9.17, 15) is 4.79 Å². The molecule has 0 saturated carbocycles. The molecule has 0 aromatic heterocycles. The molecule has 192 valence electrons. The van der Waals surface area contributed by atoms with Crippen molar-refractivity contribution in [3.05, 3.63) is 82.9 Å². The van der Waals surface area contributed by atoms with Crippen molar-refractivity contribution in [2.24, 2.45) is 4.99 Å². The summed E-state index contributed by atoms with van der Waals surface area (Å²) < 4.78 is 0. The minimum absolute atomic E-state index is 0.0316. The van der Waals surface area contributed by atoms with E-state index in [0.29, 0.717) is 12.1 Å². The van der Waals surface area contributed by atoms with Crippen LogP contribution in [0.3, 0.4) is 0 Å². The van der Waals surface area contributed by atoms with E-state index in [2.05, 4.69) is 78.4 Å². The smallest absolute Gasteiger partial charge is 0.251 e. The molecule has 5 nitrogen and oxygen atoms in total. The SMILES string of the molecule is CCCC1=Nc2cc(C(=O)NCCN3CCN(c4cccc(C)c4C)CC3)ccc2Sc2ccccc21. The lowest BCUT2D eigenvalue weighted by molar-refractivity contribution is 0.0947. The molecule has 0 spiro atoms. The Kier molecular flexibility index (Phi) is 7.96. The second-order valence-corrected chi connectivity index (χ2v) is 11.0. The number of carbonyl (C=O) groups excluding carboxylic acids is 1. The molecule has 1 fully saturated rings. The second kappa shape index (κ2) is 11.5. The molecule has 0 bridgehead atoms. The fraction of sp³-hybridized carbons (Fsp3) is 0.355. The van der Waals surface area contributed by atoms with Gasteiger partial charge in [-0.25, -0.2) is 0 Å². The van der Waals surface area contributed by atoms with E-state index in [-0.39, 0.29) is 5.91 Å². The topological polar surface area (TPSA) is 47.9 Å². The third-order valence-corrected chi connectivity index (χ3v) is 8.52. The van der Waals surface area contributed by atoms with Crippen LogP contribution in [0.1, 0.15) is 46.8 Å². The zero-order valence-corrected chi connectivity index (χ0v) is 22.9. The van der Waals surface area contributed by atoms with Crippen molar-refractivity contribution in [3.8, 4) is 0 Å². The predicted molar refractivity (Wildman–Crippen MR) is 155 cm³/mol. The third-order valence-electron chi connectivity index (χ3n) is 7.38. The second-order valence-electron chi connectivity index (χ2n) is 9.89. The quantitative estimate of drug-likeness (QED) is 0.407. The number of piperazine rings is 1. The number of amides is 1. The number of rotatable bonds is 7. The Morgan fingerprint density at radius 2 is 1.78 bits per heavy atom. The molecule has 1 amide bonds. The molecule has 0 atom stereocenters. The van der Waals surface area contributed by atoms with Crippen molar-refractivity contribution >= 4 is 34.8 Å². The lowest BCUT2D eigenvalue weighted by Gasteiger charge is -2.37. The van der Waals surface area contributed by atoms with Gasteiger partial charge >= 0.3 is 0 Å². The molecule has 3 aromatic carbocycles. The molecule has 2 aliphatic rings. The average Bonchev–Trinajstić information content (AvgIpc) is 3.07. The predicted octanol–water partition coefficient (Wildman–Crippen LogP) is 6.24. The molecule has 1 saturated heterocycles. The zero-order chi connectivity index (χ0) is 25.8. The summed E-state index contributed by atoms with van der Waals surface area (Å²) in [6.45, 7) is 12.1. The average molecular weight is 513 g/mol. The van der Waals surface area contributed by atoms with Gasteiger partial charge in [0, 0.05) is 71.6 Å². The van der Waals surface area contributed by atoms with Crippen molar-refractivity contribution < 1.29 is 4.79 Å². The lowest BCUT2D eigenvalue weighted by atomic mass is 10.1. The molecule has 37 heavy (non-hydrogen) atoms. The standard InChI is InChI=1S/C31H36N4OS/c1-4-8-26-25-10-5-6-12-29(25)37-30-14-13-24(21-27(30)33-26)31(36)32-15-16-34-17-19-35(20-18-34)28-11-7-9-22(2)23(28)3/h5-7,9-14,21H,4,8,15-20H2,1-3H3,(H,32,36). The summed E-state index contributed by atoms with van der Waals surface area (Å²) in [4.78, 5) is 25.3. The van der Waals surface area contributed by atoms with Crippen molar-refractivity contribution in [1.29, 1.82) is 0 Å². The van der Waals surface area contributed by atoms with Gasteiger partial charge in [0.25, 0.3) is 5.91 Å². The van der Waals surface area contributed by atoms with Gasteiger partial charge in [0.15, 0.2) is 0 Å². The molecule has 0 radical (unpaired) electrons. The van der Waals surface area contributed by atoms with E-state index in [1.165, 1.54) is 27.3 Å². The number of benzene rings is 3. The monoisotopic (exact) mass is 512 g/mol. The van der Waals surface area contributed by atoms with E-state index in [1.54, 1.807) is 11.8 Å². The van der Waals surface area contributed by atoms with Gasteiger partial charge in [-0.2, -0.15) is 0 Å². The molecule has 0 aliphatic carbocycles. The summed E-state index contributed by atoms with van der Waals surface area (Å²) in [5.74, 6) is -0.0316. The van der Waals surface area contributed by atoms with E-state index in [4.69, 9.17) is 4.99 Å². The molecular weight excluding hydrogens is 476 g/mol. The van der Waals surface area contributed by atoms with Crippen LogP contribution in [0.4, 0.5) is 11.4 Å². The van der Waals surface area contributed by atoms with Crippen LogP contribution in [0.2, 0.25) is 0 Å². The minimum Gasteiger partial charge on any atom is -0.369 e. The zero-order valence-electron chi connectivity index (χ0n) is 22.1. The Morgan fingerprint density at radius 1 is 0.973 bits per heavy atom. The third kappa shape index (κ3) is 5.76. The highest BCUT2D eigenvalue weighted by molar-refractivity contribution is 7.99. The highest BCUT2D eigenvalue weighted by Gasteiger charge is 2.20. The molecule has 0 unspecified atom stereocenters. The van der Waals surface area contributed by atoms with Gasteiger partial charge in [0.2, 0.25) is 0 Å². The molecule has 2 heterocycles. The Labute approximate surface area is 225 Å². The molecule has 1 N–H and O–H groups in total. The van der Waals surface area contributed by atoms with Crippen LogP contribution in [0.25, 0.3) is 0 Å². The fourth-order valence-electron chi connectivity index (χ4n) is 5.10. The van der Waals surface area contributed by atoms with Gasteiger partial charge in [-0.3, -0.25) is 14.7 Å². The van der Waals surface area contributed by atoms with E-state index in [0.717, 1.165) is 61.9 Å². The summed E-state index contributed by atoms with van der Waals surface area (Å²) in [7, 11) is 0. The molecule has 5 rings (SSSR count). The first-order chi connectivity index (χ1) is 18.0. The Hall–Kier alpha value is -3.09. The number of anilines is 1. The summed E-state index contributed by atoms with van der Waals surface area (Å²) in [6.07, 6.45) is 1.95. The van der Waals surface area contributed by atoms with Gasteiger partial charge < -0.3 is 10.2 Å². The van der Waals surface area contributed by atoms with Crippen LogP contribution in [0.5, 0.6) is 0 Å². The van der Waals surface area contributed by atoms with Crippen LogP contribution in [0.15, 0.2) is 75.4 Å². The maximum atomic E-state index is 13.0. The summed E-state index contributed by atoms with van der Waals surface area (Å²) in [5, 5.41) is 3.13. The van der Waals surface area contributed by atoms with Crippen LogP contribution in [0, 0.1) is 13.8 Å². The first-order valence-electron chi connectivity index (χ1n) is 13.3. The Morgan fingerprint density at radius 3 is 2.59 bits per heavy atom. The summed E-state index contributed by atoms with van der Waals surface area (Å²) in [5.41, 5.74) is 7.93. The van der Waals surface area contributed by atoms with Gasteiger partial charge in [-0.1, -0.05) is 55.4 Å². The first-order valence-corrected chi connectivity index (χ1v) is 14.2. The van der Waals surface area contributed by atoms with Gasteiger partial charge in [-0.05, 0) is 61.7 Å². The molecular formula is C31H36N4OS. The van der Waals surface area contributed by atoms with Crippen molar-refractivity contribution in [2.45, 2.75) is 43.4 Å². The van der Waals surface area contributed by atoms with Gasteiger partial charge in [0.05, 0.1) is 5.69 Å². The number of nitrogens with zero attached hydrogens (tertiary/aromatic N) is 3. The first kappa shape index (κ1) is 25.6. The highest BCUT2D eigenvalue weighted by atomic mass is 32.2. The van der Waals surface area contributed by atoms with Crippen LogP contribution in [-0.2, 0) is 0 Å². The van der Waals surface area contributed by atoms with Crippen LogP contribution < -0.4 is 10.2 Å². The lowest BCUT2D eigenvalue weighted by Crippen LogP contribution is -2.48. The molecule has 3 aromatic rings. The van der Waals surface area contributed by atoms with Crippen LogP contribution >= 0.6 is 11.8 Å². The molecule has 2 aliphatic heterocycles. The number of carbonyl (C=O) groups is 1. The maximum Gasteiger partial charge on any atom is 0.251 e. The summed E-state index contributed by atoms with van der Waals surface area (Å²) in [6, 6.07) is 20.9. The number of hydrogen-bond donors (Lipinski definition) is 1. The van der Waals surface area contributed by atoms with E-state index < -0.39 is 0 Å². The summed E-state index contributed by atoms with van der Waals surface area (Å²) >= 11 is 1.73. The fourth-order valence-corrected chi connectivity index (χ4v) is 6.12. The van der Waals surface area contributed by atoms with Crippen molar-refractivity contribution in [3.63, 3.8) is 0 Å². The minimum atomic E-state index is -0.0316. The number of nitrogens with one attached hydrogen (secondary N) is 1. The Balaban J connectivity index is 1.18. The van der Waals surface area contributed by atoms with Crippen molar-refractivity contribution in [1.82, 2.24) is 10.2 Å². The van der Waals surface area contributed by atoms with Crippen molar-refractivity contribution in [2.75, 3.05) is 44.2 Å². The highest BCUT2D eigenvalue weighted by Crippen LogP contribution is 2.41. The normalized spacial score (nSPS) is 15.4.